The third kappa shape index (κ3) is 2.21. The van der Waals surface area contributed by atoms with Gasteiger partial charge in [-0.3, -0.25) is 0 Å². The first-order valence-corrected chi connectivity index (χ1v) is 7.57. The van der Waals surface area contributed by atoms with Crippen LogP contribution in [0.1, 0.15) is 24.0 Å². The van der Waals surface area contributed by atoms with Gasteiger partial charge >= 0.3 is 0 Å². The third-order valence-corrected chi connectivity index (χ3v) is 5.24. The average Bonchev–Trinajstić information content (AvgIpc) is 2.29. The van der Waals surface area contributed by atoms with Crippen LogP contribution in [0.4, 0.5) is 5.69 Å². The molecule has 2 rings (SSSR count). The summed E-state index contributed by atoms with van der Waals surface area (Å²) >= 11 is 0. The van der Waals surface area contributed by atoms with Crippen LogP contribution in [-0.2, 0) is 9.84 Å². The van der Waals surface area contributed by atoms with Crippen LogP contribution in [0.5, 0.6) is 0 Å². The Morgan fingerprint density at radius 3 is 2.72 bits per heavy atom. The number of sulfone groups is 1. The van der Waals surface area contributed by atoms with Crippen LogP contribution in [0.15, 0.2) is 17.0 Å². The van der Waals surface area contributed by atoms with E-state index in [1.165, 1.54) is 0 Å². The Hall–Kier alpha value is -1.54. The number of anilines is 1. The SMILES string of the molecule is Cc1ccc(C)c2c1NC(CCC#N)CS2(=O)=O. The summed E-state index contributed by atoms with van der Waals surface area (Å²) in [6, 6.07) is 5.65. The summed E-state index contributed by atoms with van der Waals surface area (Å²) in [5.41, 5.74) is 2.42. The number of hydrogen-bond donors (Lipinski definition) is 1. The van der Waals surface area contributed by atoms with Crippen molar-refractivity contribution in [3.05, 3.63) is 23.3 Å². The molecule has 1 unspecified atom stereocenters. The zero-order valence-electron chi connectivity index (χ0n) is 10.5. The Bertz CT molecular complexity index is 615. The Morgan fingerprint density at radius 2 is 2.06 bits per heavy atom. The molecule has 5 heteroatoms. The number of hydrogen-bond acceptors (Lipinski definition) is 4. The van der Waals surface area contributed by atoms with Crippen LogP contribution in [-0.4, -0.2) is 20.2 Å². The number of nitrogens with one attached hydrogen (secondary N) is 1. The first-order chi connectivity index (χ1) is 8.45. The molecule has 1 aromatic rings. The van der Waals surface area contributed by atoms with Gasteiger partial charge in [-0.25, -0.2) is 8.42 Å². The lowest BCUT2D eigenvalue weighted by Crippen LogP contribution is -2.35. The van der Waals surface area contributed by atoms with Gasteiger partial charge in [0.2, 0.25) is 0 Å². The molecule has 1 aliphatic rings. The minimum Gasteiger partial charge on any atom is -0.380 e. The molecule has 0 aliphatic carbocycles. The van der Waals surface area contributed by atoms with Crippen LogP contribution in [0.2, 0.25) is 0 Å². The molecule has 1 atom stereocenters. The lowest BCUT2D eigenvalue weighted by atomic mass is 10.1. The maximum atomic E-state index is 12.3. The highest BCUT2D eigenvalue weighted by atomic mass is 32.2. The van der Waals surface area contributed by atoms with Gasteiger partial charge < -0.3 is 5.32 Å². The largest absolute Gasteiger partial charge is 0.380 e. The van der Waals surface area contributed by atoms with Crippen molar-refractivity contribution in [1.29, 1.82) is 5.26 Å². The Labute approximate surface area is 108 Å². The quantitative estimate of drug-likeness (QED) is 0.888. The van der Waals surface area contributed by atoms with Crippen LogP contribution in [0.25, 0.3) is 0 Å². The van der Waals surface area contributed by atoms with Gasteiger partial charge in [0.25, 0.3) is 0 Å². The zero-order chi connectivity index (χ0) is 13.3. The zero-order valence-corrected chi connectivity index (χ0v) is 11.3. The molecule has 0 bridgehead atoms. The molecule has 1 N–H and O–H groups in total. The maximum Gasteiger partial charge on any atom is 0.182 e. The van der Waals surface area contributed by atoms with Crippen molar-refractivity contribution < 1.29 is 8.42 Å². The molecule has 0 aromatic heterocycles. The van der Waals surface area contributed by atoms with Crippen molar-refractivity contribution in [1.82, 2.24) is 0 Å². The normalized spacial score (nSPS) is 20.6. The Kier molecular flexibility index (Phi) is 3.31. The van der Waals surface area contributed by atoms with Crippen LogP contribution in [0, 0.1) is 25.2 Å². The van der Waals surface area contributed by atoms with Gasteiger partial charge in [-0.2, -0.15) is 5.26 Å². The van der Waals surface area contributed by atoms with E-state index in [1.54, 1.807) is 0 Å². The van der Waals surface area contributed by atoms with Crippen molar-refractivity contribution in [2.45, 2.75) is 37.6 Å². The molecule has 0 amide bonds. The highest BCUT2D eigenvalue weighted by Crippen LogP contribution is 2.34. The summed E-state index contributed by atoms with van der Waals surface area (Å²) in [6.45, 7) is 3.71. The van der Waals surface area contributed by atoms with E-state index < -0.39 is 9.84 Å². The summed E-state index contributed by atoms with van der Waals surface area (Å²) in [4.78, 5) is 0.427. The molecule has 0 spiro atoms. The molecular weight excluding hydrogens is 248 g/mol. The van der Waals surface area contributed by atoms with E-state index in [1.807, 2.05) is 26.0 Å². The summed E-state index contributed by atoms with van der Waals surface area (Å²) in [6.07, 6.45) is 0.927. The first-order valence-electron chi connectivity index (χ1n) is 5.92. The fourth-order valence-corrected chi connectivity index (χ4v) is 4.39. The molecular formula is C13H16N2O2S. The van der Waals surface area contributed by atoms with Gasteiger partial charge in [0.05, 0.1) is 22.4 Å². The molecule has 0 radical (unpaired) electrons. The van der Waals surface area contributed by atoms with Crippen LogP contribution >= 0.6 is 0 Å². The summed E-state index contributed by atoms with van der Waals surface area (Å²) in [7, 11) is -3.25. The third-order valence-electron chi connectivity index (χ3n) is 3.25. The van der Waals surface area contributed by atoms with Gasteiger partial charge in [0.15, 0.2) is 9.84 Å². The average molecular weight is 264 g/mol. The van der Waals surface area contributed by atoms with Crippen molar-refractivity contribution in [3.8, 4) is 6.07 Å². The highest BCUT2D eigenvalue weighted by molar-refractivity contribution is 7.91. The molecule has 0 saturated carbocycles. The molecule has 1 aromatic carbocycles. The van der Waals surface area contributed by atoms with Gasteiger partial charge in [0, 0.05) is 12.5 Å². The molecule has 4 nitrogen and oxygen atoms in total. The maximum absolute atomic E-state index is 12.3. The second kappa shape index (κ2) is 4.62. The van der Waals surface area contributed by atoms with E-state index in [-0.39, 0.29) is 11.8 Å². The number of nitrogens with zero attached hydrogens (tertiary/aromatic N) is 1. The number of aryl methyl sites for hydroxylation is 2. The second-order valence-corrected chi connectivity index (χ2v) is 6.69. The lowest BCUT2D eigenvalue weighted by Gasteiger charge is -2.29. The minimum atomic E-state index is -3.25. The monoisotopic (exact) mass is 264 g/mol. The predicted molar refractivity (Wildman–Crippen MR) is 70.2 cm³/mol. The molecule has 1 aliphatic heterocycles. The van der Waals surface area contributed by atoms with Crippen molar-refractivity contribution in [2.24, 2.45) is 0 Å². The van der Waals surface area contributed by atoms with Crippen LogP contribution < -0.4 is 5.32 Å². The van der Waals surface area contributed by atoms with Gasteiger partial charge in [-0.1, -0.05) is 12.1 Å². The smallest absolute Gasteiger partial charge is 0.182 e. The number of nitriles is 1. The second-order valence-electron chi connectivity index (χ2n) is 4.72. The van der Waals surface area contributed by atoms with Gasteiger partial charge in [-0.15, -0.1) is 0 Å². The van der Waals surface area contributed by atoms with Gasteiger partial charge in [-0.05, 0) is 31.4 Å². The van der Waals surface area contributed by atoms with Gasteiger partial charge in [0.1, 0.15) is 0 Å². The van der Waals surface area contributed by atoms with E-state index in [0.717, 1.165) is 11.1 Å². The summed E-state index contributed by atoms with van der Waals surface area (Å²) in [5, 5.41) is 11.9. The number of rotatable bonds is 2. The van der Waals surface area contributed by atoms with Crippen LogP contribution in [0.3, 0.4) is 0 Å². The van der Waals surface area contributed by atoms with E-state index in [9.17, 15) is 8.42 Å². The van der Waals surface area contributed by atoms with Crippen molar-refractivity contribution >= 4 is 15.5 Å². The standard InChI is InChI=1S/C13H16N2O2S/c1-9-5-6-10(2)13-12(9)15-11(4-3-7-14)8-18(13,16)17/h5-6,11,15H,3-4,8H2,1-2H3. The first kappa shape index (κ1) is 12.9. The Morgan fingerprint density at radius 1 is 1.39 bits per heavy atom. The van der Waals surface area contributed by atoms with Crippen molar-refractivity contribution in [3.63, 3.8) is 0 Å². The molecule has 1 heterocycles. The summed E-state index contributed by atoms with van der Waals surface area (Å²) < 4.78 is 24.6. The van der Waals surface area contributed by atoms with E-state index in [4.69, 9.17) is 5.26 Å². The molecule has 18 heavy (non-hydrogen) atoms. The van der Waals surface area contributed by atoms with E-state index >= 15 is 0 Å². The van der Waals surface area contributed by atoms with E-state index in [0.29, 0.717) is 23.4 Å². The molecule has 0 fully saturated rings. The number of fused-ring (bicyclic) bond motifs is 1. The fourth-order valence-electron chi connectivity index (χ4n) is 2.35. The molecule has 0 saturated heterocycles. The lowest BCUT2D eigenvalue weighted by molar-refractivity contribution is 0.579. The number of benzene rings is 1. The fraction of sp³-hybridized carbons (Fsp3) is 0.462. The highest BCUT2D eigenvalue weighted by Gasteiger charge is 2.31. The Balaban J connectivity index is 2.48. The van der Waals surface area contributed by atoms with Crippen molar-refractivity contribution in [2.75, 3.05) is 11.1 Å². The summed E-state index contributed by atoms with van der Waals surface area (Å²) in [5.74, 6) is 0.0754. The topological polar surface area (TPSA) is 70.0 Å². The van der Waals surface area contributed by atoms with E-state index in [2.05, 4.69) is 11.4 Å². The minimum absolute atomic E-state index is 0.0754. The molecule has 96 valence electrons. The predicted octanol–water partition coefficient (Wildman–Crippen LogP) is 2.18.